The minimum atomic E-state index is 0.530. The van der Waals surface area contributed by atoms with Gasteiger partial charge in [-0.3, -0.25) is 0 Å². The van der Waals surface area contributed by atoms with E-state index in [9.17, 15) is 0 Å². The molecule has 0 aliphatic rings. The molecule has 3 N–H and O–H groups in total. The average Bonchev–Trinajstić information content (AvgIpc) is 2.88. The van der Waals surface area contributed by atoms with Crippen molar-refractivity contribution in [1.82, 2.24) is 20.2 Å². The van der Waals surface area contributed by atoms with Gasteiger partial charge in [-0.1, -0.05) is 23.3 Å². The fourth-order valence-electron chi connectivity index (χ4n) is 1.46. The molecule has 0 amide bonds. The van der Waals surface area contributed by atoms with Gasteiger partial charge in [-0.2, -0.15) is 4.68 Å². The zero-order valence-electron chi connectivity index (χ0n) is 9.99. The molecule has 0 fully saturated rings. The summed E-state index contributed by atoms with van der Waals surface area (Å²) in [6, 6.07) is 9.69. The second kappa shape index (κ2) is 6.67. The molecule has 0 aliphatic heterocycles. The zero-order valence-corrected chi connectivity index (χ0v) is 9.99. The van der Waals surface area contributed by atoms with Crippen molar-refractivity contribution in [3.8, 4) is 5.69 Å². The molecule has 0 aliphatic carbocycles. The lowest BCUT2D eigenvalue weighted by Gasteiger charge is -2.07. The SMILES string of the molecule is NCCOCCNc1nnnn1-c1ccccc1. The number of anilines is 1. The highest BCUT2D eigenvalue weighted by Crippen LogP contribution is 2.09. The summed E-state index contributed by atoms with van der Waals surface area (Å²) in [4.78, 5) is 0. The Morgan fingerprint density at radius 2 is 2.06 bits per heavy atom. The molecule has 7 heteroatoms. The number of benzene rings is 1. The number of rotatable bonds is 7. The molecule has 0 atom stereocenters. The van der Waals surface area contributed by atoms with Crippen LogP contribution < -0.4 is 11.1 Å². The van der Waals surface area contributed by atoms with E-state index >= 15 is 0 Å². The first-order chi connectivity index (χ1) is 8.92. The van der Waals surface area contributed by atoms with E-state index in [0.717, 1.165) is 5.69 Å². The number of ether oxygens (including phenoxy) is 1. The van der Waals surface area contributed by atoms with Crippen LogP contribution in [-0.4, -0.2) is 46.5 Å². The summed E-state index contributed by atoms with van der Waals surface area (Å²) in [5.41, 5.74) is 6.23. The van der Waals surface area contributed by atoms with Gasteiger partial charge in [0.05, 0.1) is 18.9 Å². The number of nitrogens with one attached hydrogen (secondary N) is 1. The lowest BCUT2D eigenvalue weighted by molar-refractivity contribution is 0.151. The molecule has 2 rings (SSSR count). The van der Waals surface area contributed by atoms with Crippen LogP contribution in [0.3, 0.4) is 0 Å². The van der Waals surface area contributed by atoms with Crippen LogP contribution in [0.25, 0.3) is 5.69 Å². The molecule has 1 aromatic heterocycles. The lowest BCUT2D eigenvalue weighted by Crippen LogP contribution is -2.16. The second-order valence-electron chi connectivity index (χ2n) is 3.58. The van der Waals surface area contributed by atoms with Crippen molar-refractivity contribution in [3.05, 3.63) is 30.3 Å². The van der Waals surface area contributed by atoms with E-state index in [1.54, 1.807) is 4.68 Å². The third-order valence-corrected chi connectivity index (χ3v) is 2.26. The zero-order chi connectivity index (χ0) is 12.6. The topological polar surface area (TPSA) is 90.9 Å². The monoisotopic (exact) mass is 248 g/mol. The summed E-state index contributed by atoms with van der Waals surface area (Å²) >= 11 is 0. The summed E-state index contributed by atoms with van der Waals surface area (Å²) in [6.07, 6.45) is 0. The minimum Gasteiger partial charge on any atom is -0.378 e. The summed E-state index contributed by atoms with van der Waals surface area (Å²) in [6.45, 7) is 2.29. The van der Waals surface area contributed by atoms with Crippen LogP contribution in [0.2, 0.25) is 0 Å². The molecule has 1 aromatic carbocycles. The van der Waals surface area contributed by atoms with Gasteiger partial charge in [-0.05, 0) is 22.6 Å². The van der Waals surface area contributed by atoms with Crippen LogP contribution in [0, 0.1) is 0 Å². The predicted molar refractivity (Wildman–Crippen MR) is 67.5 cm³/mol. The van der Waals surface area contributed by atoms with Gasteiger partial charge < -0.3 is 15.8 Å². The first-order valence-corrected chi connectivity index (χ1v) is 5.77. The minimum absolute atomic E-state index is 0.530. The number of aromatic nitrogens is 4. The van der Waals surface area contributed by atoms with Crippen molar-refractivity contribution in [2.75, 3.05) is 31.6 Å². The lowest BCUT2D eigenvalue weighted by atomic mass is 10.3. The molecule has 96 valence electrons. The molecule has 0 saturated heterocycles. The Balaban J connectivity index is 1.92. The molecule has 0 saturated carbocycles. The van der Waals surface area contributed by atoms with Gasteiger partial charge in [0.25, 0.3) is 0 Å². The van der Waals surface area contributed by atoms with E-state index in [4.69, 9.17) is 10.5 Å². The van der Waals surface area contributed by atoms with E-state index in [0.29, 0.717) is 32.3 Å². The van der Waals surface area contributed by atoms with E-state index < -0.39 is 0 Å². The molecule has 0 radical (unpaired) electrons. The van der Waals surface area contributed by atoms with Gasteiger partial charge in [0.15, 0.2) is 0 Å². The molecule has 0 spiro atoms. The molecule has 2 aromatic rings. The summed E-state index contributed by atoms with van der Waals surface area (Å²) in [5, 5.41) is 14.6. The van der Waals surface area contributed by atoms with Crippen molar-refractivity contribution < 1.29 is 4.74 Å². The first kappa shape index (κ1) is 12.5. The van der Waals surface area contributed by atoms with Crippen LogP contribution in [0.5, 0.6) is 0 Å². The quantitative estimate of drug-likeness (QED) is 0.673. The van der Waals surface area contributed by atoms with Gasteiger partial charge in [0, 0.05) is 13.1 Å². The van der Waals surface area contributed by atoms with Gasteiger partial charge in [-0.25, -0.2) is 0 Å². The van der Waals surface area contributed by atoms with Gasteiger partial charge in [0.2, 0.25) is 5.95 Å². The largest absolute Gasteiger partial charge is 0.378 e. The maximum absolute atomic E-state index is 5.32. The fourth-order valence-corrected chi connectivity index (χ4v) is 1.46. The molecular formula is C11H16N6O. The molecule has 18 heavy (non-hydrogen) atoms. The van der Waals surface area contributed by atoms with Gasteiger partial charge in [-0.15, -0.1) is 0 Å². The number of hydrogen-bond acceptors (Lipinski definition) is 6. The third-order valence-electron chi connectivity index (χ3n) is 2.26. The van der Waals surface area contributed by atoms with Crippen LogP contribution in [0.15, 0.2) is 30.3 Å². The highest BCUT2D eigenvalue weighted by atomic mass is 16.5. The van der Waals surface area contributed by atoms with Crippen molar-refractivity contribution in [2.24, 2.45) is 5.73 Å². The standard InChI is InChI=1S/C11H16N6O/c12-6-8-18-9-7-13-11-14-15-16-17(11)10-4-2-1-3-5-10/h1-5H,6-9,12H2,(H,13,14,16). The predicted octanol–water partition coefficient (Wildman–Crippen LogP) is 0.0495. The Hall–Kier alpha value is -1.99. The van der Waals surface area contributed by atoms with E-state index in [1.165, 1.54) is 0 Å². The van der Waals surface area contributed by atoms with E-state index in [-0.39, 0.29) is 0 Å². The van der Waals surface area contributed by atoms with Crippen LogP contribution >= 0.6 is 0 Å². The van der Waals surface area contributed by atoms with Crippen LogP contribution in [-0.2, 0) is 4.74 Å². The number of para-hydroxylation sites is 1. The van der Waals surface area contributed by atoms with Crippen LogP contribution in [0.1, 0.15) is 0 Å². The normalized spacial score (nSPS) is 10.5. The Morgan fingerprint density at radius 3 is 2.83 bits per heavy atom. The summed E-state index contributed by atoms with van der Waals surface area (Å²) in [7, 11) is 0. The van der Waals surface area contributed by atoms with E-state index in [1.807, 2.05) is 30.3 Å². The van der Waals surface area contributed by atoms with Gasteiger partial charge in [0.1, 0.15) is 0 Å². The number of nitrogens with zero attached hydrogens (tertiary/aromatic N) is 4. The highest BCUT2D eigenvalue weighted by Gasteiger charge is 2.06. The molecular weight excluding hydrogens is 232 g/mol. The fraction of sp³-hybridized carbons (Fsp3) is 0.364. The smallest absolute Gasteiger partial charge is 0.247 e. The molecule has 7 nitrogen and oxygen atoms in total. The van der Waals surface area contributed by atoms with Crippen molar-refractivity contribution >= 4 is 5.95 Å². The third kappa shape index (κ3) is 3.25. The average molecular weight is 248 g/mol. The van der Waals surface area contributed by atoms with Crippen LogP contribution in [0.4, 0.5) is 5.95 Å². The Kier molecular flexibility index (Phi) is 4.62. The maximum Gasteiger partial charge on any atom is 0.247 e. The second-order valence-corrected chi connectivity index (χ2v) is 3.58. The van der Waals surface area contributed by atoms with Crippen molar-refractivity contribution in [2.45, 2.75) is 0 Å². The van der Waals surface area contributed by atoms with Crippen molar-refractivity contribution in [1.29, 1.82) is 0 Å². The number of tetrazole rings is 1. The van der Waals surface area contributed by atoms with Crippen molar-refractivity contribution in [3.63, 3.8) is 0 Å². The number of hydrogen-bond donors (Lipinski definition) is 2. The first-order valence-electron chi connectivity index (χ1n) is 5.77. The summed E-state index contributed by atoms with van der Waals surface area (Å²) in [5.74, 6) is 0.595. The summed E-state index contributed by atoms with van der Waals surface area (Å²) < 4.78 is 6.90. The van der Waals surface area contributed by atoms with E-state index in [2.05, 4.69) is 20.8 Å². The molecule has 0 bridgehead atoms. The Bertz CT molecular complexity index is 458. The molecule has 1 heterocycles. The maximum atomic E-state index is 5.32. The number of nitrogens with two attached hydrogens (primary N) is 1. The highest BCUT2D eigenvalue weighted by molar-refractivity contribution is 5.38. The molecule has 0 unspecified atom stereocenters. The Morgan fingerprint density at radius 1 is 1.22 bits per heavy atom. The van der Waals surface area contributed by atoms with Gasteiger partial charge >= 0.3 is 0 Å². The Labute approximate surface area is 105 Å².